The molecule has 2 aliphatic rings. The van der Waals surface area contributed by atoms with Gasteiger partial charge < -0.3 is 16.4 Å². The van der Waals surface area contributed by atoms with Gasteiger partial charge in [0.2, 0.25) is 0 Å². The zero-order chi connectivity index (χ0) is 15.6. The van der Waals surface area contributed by atoms with Crippen molar-refractivity contribution in [3.63, 3.8) is 0 Å². The Labute approximate surface area is 174 Å². The summed E-state index contributed by atoms with van der Waals surface area (Å²) in [5.41, 5.74) is 5.45. The van der Waals surface area contributed by atoms with Crippen LogP contribution in [-0.2, 0) is 45.6 Å². The van der Waals surface area contributed by atoms with Crippen LogP contribution in [0.25, 0.3) is 5.57 Å². The first-order valence-corrected chi connectivity index (χ1v) is 9.59. The Bertz CT molecular complexity index is 705. The van der Waals surface area contributed by atoms with E-state index in [0.29, 0.717) is 5.92 Å². The molecule has 2 aliphatic carbocycles. The van der Waals surface area contributed by atoms with Crippen LogP contribution in [0.4, 0.5) is 0 Å². The number of fused-ring (bicyclic) bond motifs is 1. The van der Waals surface area contributed by atoms with Gasteiger partial charge in [0.1, 0.15) is 0 Å². The predicted octanol–water partition coefficient (Wildman–Crippen LogP) is 5.34. The quantitative estimate of drug-likeness (QED) is 0.658. The number of aliphatic hydroxyl groups excluding tert-OH is 1. The molecule has 0 aliphatic heterocycles. The minimum Gasteiger partial charge on any atom is -0.388 e. The molecule has 1 aromatic heterocycles. The summed E-state index contributed by atoms with van der Waals surface area (Å²) in [5, 5.41) is 13.2. The summed E-state index contributed by atoms with van der Waals surface area (Å²) in [6.45, 7) is 0. The van der Waals surface area contributed by atoms with Crippen molar-refractivity contribution in [3.8, 4) is 0 Å². The summed E-state index contributed by atoms with van der Waals surface area (Å²) in [4.78, 5) is 1.46. The molecule has 0 saturated carbocycles. The number of benzene rings is 1. The van der Waals surface area contributed by atoms with E-state index in [4.69, 9.17) is 0 Å². The molecule has 1 unspecified atom stereocenters. The normalized spacial score (nSPS) is 22.1. The van der Waals surface area contributed by atoms with Crippen molar-refractivity contribution < 1.29 is 37.8 Å². The van der Waals surface area contributed by atoms with E-state index in [2.05, 4.69) is 35.7 Å². The van der Waals surface area contributed by atoms with Crippen LogP contribution in [-0.4, -0.2) is 5.11 Å². The molecule has 0 bridgehead atoms. The molecule has 123 valence electrons. The Balaban J connectivity index is 0.00000169. The molecule has 1 aromatic carbocycles. The molecular weight excluding hydrogens is 389 g/mol. The molecule has 24 heavy (non-hydrogen) atoms. The summed E-state index contributed by atoms with van der Waals surface area (Å²) in [6.07, 6.45) is 10.4. The minimum atomic E-state index is -0.241. The van der Waals surface area contributed by atoms with Crippen molar-refractivity contribution in [2.24, 2.45) is 5.92 Å². The number of hydrogen-bond donors (Lipinski definition) is 1. The van der Waals surface area contributed by atoms with E-state index in [-0.39, 0.29) is 38.8 Å². The summed E-state index contributed by atoms with van der Waals surface area (Å²) in [6, 6.07) is 10.9. The second kappa shape index (κ2) is 8.40. The van der Waals surface area contributed by atoms with E-state index in [9.17, 15) is 5.11 Å². The van der Waals surface area contributed by atoms with E-state index in [1.807, 2.05) is 6.07 Å². The molecule has 1 nitrogen and oxygen atoms in total. The number of aliphatic hydroxyl groups is 1. The first kappa shape index (κ1) is 18.5. The molecule has 0 spiro atoms. The Morgan fingerprint density at radius 1 is 1.21 bits per heavy atom. The maximum absolute atomic E-state index is 9.98. The molecule has 0 saturated heterocycles. The molecule has 1 N–H and O–H groups in total. The van der Waals surface area contributed by atoms with Crippen LogP contribution in [0.5, 0.6) is 0 Å². The predicted molar refractivity (Wildman–Crippen MR) is 96.5 cm³/mol. The molecule has 1 heterocycles. The van der Waals surface area contributed by atoms with Gasteiger partial charge in [-0.1, -0.05) is 37.1 Å². The van der Waals surface area contributed by atoms with Crippen molar-refractivity contribution in [2.75, 3.05) is 0 Å². The van der Waals surface area contributed by atoms with Crippen molar-refractivity contribution in [1.82, 2.24) is 0 Å². The van der Waals surface area contributed by atoms with Crippen molar-refractivity contribution >= 4 is 16.9 Å². The van der Waals surface area contributed by atoms with Crippen LogP contribution in [0.1, 0.15) is 59.8 Å². The molecular formula is C21H23OSY-. The van der Waals surface area contributed by atoms with Gasteiger partial charge in [-0.25, -0.2) is 6.07 Å². The molecule has 1 radical (unpaired) electrons. The molecule has 0 amide bonds. The van der Waals surface area contributed by atoms with Gasteiger partial charge in [-0.2, -0.15) is 6.07 Å². The topological polar surface area (TPSA) is 20.2 Å². The first-order chi connectivity index (χ1) is 11.3. The summed E-state index contributed by atoms with van der Waals surface area (Å²) < 4.78 is 0. The first-order valence-electron chi connectivity index (χ1n) is 8.77. The van der Waals surface area contributed by atoms with Crippen LogP contribution >= 0.6 is 11.3 Å². The number of allylic oxidation sites excluding steroid dienone is 2. The summed E-state index contributed by atoms with van der Waals surface area (Å²) in [5.74, 6) is 0.711. The van der Waals surface area contributed by atoms with Crippen LogP contribution in [0.3, 0.4) is 0 Å². The largest absolute Gasteiger partial charge is 0.388 e. The van der Waals surface area contributed by atoms with Gasteiger partial charge in [0.05, 0.1) is 6.10 Å². The van der Waals surface area contributed by atoms with E-state index in [1.54, 1.807) is 16.9 Å². The van der Waals surface area contributed by atoms with Crippen LogP contribution in [0.15, 0.2) is 36.4 Å². The van der Waals surface area contributed by atoms with Gasteiger partial charge in [-0.3, -0.25) is 0 Å². The van der Waals surface area contributed by atoms with Crippen molar-refractivity contribution in [3.05, 3.63) is 63.4 Å². The number of aryl methyl sites for hydroxylation is 2. The molecule has 4 rings (SSSR count). The maximum Gasteiger partial charge on any atom is 0.0795 e. The molecule has 0 fully saturated rings. The standard InChI is InChI=1S/C21H23OS.Y/c22-21-12-10-17-14-16(9-11-20(17)21)19-8-2-5-15(19)4-1-6-18-7-3-13-23-18;/h3,7-9,11,14-15,21-22H,1-2,4-6,10,12H2;/q-1;/t15-,21?;/m0./s1. The molecule has 2 aromatic rings. The second-order valence-electron chi connectivity index (χ2n) is 6.81. The summed E-state index contributed by atoms with van der Waals surface area (Å²) in [7, 11) is 0. The van der Waals surface area contributed by atoms with E-state index in [0.717, 1.165) is 18.4 Å². The van der Waals surface area contributed by atoms with Gasteiger partial charge in [0, 0.05) is 32.7 Å². The van der Waals surface area contributed by atoms with Crippen molar-refractivity contribution in [2.45, 2.75) is 51.0 Å². The van der Waals surface area contributed by atoms with Crippen LogP contribution in [0.2, 0.25) is 0 Å². The average Bonchev–Trinajstić information content (AvgIpc) is 3.29. The van der Waals surface area contributed by atoms with E-state index in [1.165, 1.54) is 48.1 Å². The average molecular weight is 412 g/mol. The van der Waals surface area contributed by atoms with Crippen LogP contribution in [0, 0.1) is 11.3 Å². The van der Waals surface area contributed by atoms with Gasteiger partial charge >= 0.3 is 0 Å². The second-order valence-corrected chi connectivity index (χ2v) is 7.78. The smallest absolute Gasteiger partial charge is 0.0795 e. The Hall–Kier alpha value is -0.276. The molecule has 3 heteroatoms. The van der Waals surface area contributed by atoms with E-state index >= 15 is 0 Å². The minimum absolute atomic E-state index is 0. The maximum atomic E-state index is 9.98. The van der Waals surface area contributed by atoms with Gasteiger partial charge in [0.25, 0.3) is 0 Å². The van der Waals surface area contributed by atoms with E-state index < -0.39 is 0 Å². The SMILES string of the molecule is OC1CCc2cc(C3=CCC[C@@H]3CCCc3cc[c-]s3)ccc21.[Y]. The van der Waals surface area contributed by atoms with Crippen LogP contribution < -0.4 is 0 Å². The zero-order valence-corrected chi connectivity index (χ0v) is 17.7. The zero-order valence-electron chi connectivity index (χ0n) is 14.0. The monoisotopic (exact) mass is 412 g/mol. The Morgan fingerprint density at radius 3 is 2.96 bits per heavy atom. The van der Waals surface area contributed by atoms with Gasteiger partial charge in [-0.15, -0.1) is 10.3 Å². The Kier molecular flexibility index (Phi) is 6.48. The number of rotatable bonds is 5. The third-order valence-electron chi connectivity index (χ3n) is 5.34. The fraction of sp³-hybridized carbons (Fsp3) is 0.429. The van der Waals surface area contributed by atoms with Gasteiger partial charge in [0.15, 0.2) is 0 Å². The fourth-order valence-corrected chi connectivity index (χ4v) is 4.79. The Morgan fingerprint density at radius 2 is 2.12 bits per heavy atom. The third-order valence-corrected chi connectivity index (χ3v) is 6.20. The summed E-state index contributed by atoms with van der Waals surface area (Å²) >= 11 is 1.75. The van der Waals surface area contributed by atoms with Crippen molar-refractivity contribution in [1.29, 1.82) is 0 Å². The third kappa shape index (κ3) is 3.93. The molecule has 2 atom stereocenters. The van der Waals surface area contributed by atoms with Gasteiger partial charge in [-0.05, 0) is 60.3 Å². The number of hydrogen-bond acceptors (Lipinski definition) is 2. The fourth-order valence-electron chi connectivity index (χ4n) is 4.12. The number of thiophene rings is 1.